The van der Waals surface area contributed by atoms with E-state index in [4.69, 9.17) is 9.84 Å². The van der Waals surface area contributed by atoms with Crippen molar-refractivity contribution in [2.24, 2.45) is 17.3 Å². The first-order chi connectivity index (χ1) is 13.1. The van der Waals surface area contributed by atoms with Crippen LogP contribution in [0, 0.1) is 0 Å². The molecule has 0 atom stereocenters. The maximum Gasteiger partial charge on any atom is 0.303 e. The first-order valence-electron chi connectivity index (χ1n) is 8.68. The number of carbonyl (C=O) groups is 1. The Morgan fingerprint density at radius 3 is 2.56 bits per heavy atom. The average Bonchev–Trinajstić information content (AvgIpc) is 2.99. The SMILES string of the molecule is CCOc1ccc(C(CCC(=O)O)=NN=c2sc3ccccc3n2C)cc1. The van der Waals surface area contributed by atoms with Gasteiger partial charge in [0, 0.05) is 13.5 Å². The zero-order valence-electron chi connectivity index (χ0n) is 15.3. The molecule has 0 fully saturated rings. The summed E-state index contributed by atoms with van der Waals surface area (Å²) in [5.41, 5.74) is 2.56. The van der Waals surface area contributed by atoms with Crippen molar-refractivity contribution in [2.75, 3.05) is 6.61 Å². The summed E-state index contributed by atoms with van der Waals surface area (Å²) < 4.78 is 8.57. The van der Waals surface area contributed by atoms with Gasteiger partial charge in [-0.05, 0) is 48.9 Å². The molecule has 2 aromatic carbocycles. The second kappa shape index (κ2) is 8.64. The van der Waals surface area contributed by atoms with Gasteiger partial charge < -0.3 is 14.4 Å². The van der Waals surface area contributed by atoms with Gasteiger partial charge in [0.2, 0.25) is 4.80 Å². The van der Waals surface area contributed by atoms with Crippen molar-refractivity contribution in [1.82, 2.24) is 4.57 Å². The number of rotatable bonds is 7. The zero-order chi connectivity index (χ0) is 19.2. The molecule has 6 nitrogen and oxygen atoms in total. The van der Waals surface area contributed by atoms with Crippen LogP contribution in [0.4, 0.5) is 0 Å². The Kier molecular flexibility index (Phi) is 6.03. The van der Waals surface area contributed by atoms with Crippen LogP contribution in [-0.4, -0.2) is 28.0 Å². The van der Waals surface area contributed by atoms with Gasteiger partial charge in [0.15, 0.2) is 0 Å². The van der Waals surface area contributed by atoms with Crippen molar-refractivity contribution in [3.05, 3.63) is 58.9 Å². The number of nitrogens with zero attached hydrogens (tertiary/aromatic N) is 3. The van der Waals surface area contributed by atoms with Crippen LogP contribution in [0.5, 0.6) is 5.75 Å². The van der Waals surface area contributed by atoms with E-state index < -0.39 is 5.97 Å². The highest BCUT2D eigenvalue weighted by Crippen LogP contribution is 2.17. The van der Waals surface area contributed by atoms with Crippen LogP contribution in [0.25, 0.3) is 10.2 Å². The molecule has 0 aliphatic carbocycles. The summed E-state index contributed by atoms with van der Waals surface area (Å²) in [6.07, 6.45) is 0.307. The van der Waals surface area contributed by atoms with Crippen molar-refractivity contribution in [2.45, 2.75) is 19.8 Å². The van der Waals surface area contributed by atoms with Gasteiger partial charge in [0.05, 0.1) is 29.0 Å². The van der Waals surface area contributed by atoms with Crippen LogP contribution in [0.2, 0.25) is 0 Å². The van der Waals surface area contributed by atoms with Crippen LogP contribution < -0.4 is 9.54 Å². The second-order valence-corrected chi connectivity index (χ2v) is 6.92. The van der Waals surface area contributed by atoms with Crippen molar-refractivity contribution in [1.29, 1.82) is 0 Å². The van der Waals surface area contributed by atoms with Gasteiger partial charge in [-0.2, -0.15) is 5.10 Å². The maximum atomic E-state index is 11.0. The molecule has 0 spiro atoms. The van der Waals surface area contributed by atoms with Crippen LogP contribution in [0.15, 0.2) is 58.7 Å². The molecule has 0 unspecified atom stereocenters. The van der Waals surface area contributed by atoms with Crippen molar-refractivity contribution >= 4 is 33.2 Å². The number of ether oxygens (including phenoxy) is 1. The van der Waals surface area contributed by atoms with Crippen molar-refractivity contribution in [3.63, 3.8) is 0 Å². The van der Waals surface area contributed by atoms with E-state index in [1.165, 1.54) is 0 Å². The molecule has 0 bridgehead atoms. The average molecular weight is 383 g/mol. The van der Waals surface area contributed by atoms with Crippen molar-refractivity contribution < 1.29 is 14.6 Å². The summed E-state index contributed by atoms with van der Waals surface area (Å²) in [5, 5.41) is 17.8. The van der Waals surface area contributed by atoms with E-state index in [9.17, 15) is 4.79 Å². The highest BCUT2D eigenvalue weighted by molar-refractivity contribution is 7.16. The van der Waals surface area contributed by atoms with E-state index >= 15 is 0 Å². The normalized spacial score (nSPS) is 12.5. The zero-order valence-corrected chi connectivity index (χ0v) is 16.1. The monoisotopic (exact) mass is 383 g/mol. The number of fused-ring (bicyclic) bond motifs is 1. The quantitative estimate of drug-likeness (QED) is 0.498. The predicted octanol–water partition coefficient (Wildman–Crippen LogP) is 3.81. The number of para-hydroxylation sites is 1. The number of aryl methyl sites for hydroxylation is 1. The Balaban J connectivity index is 1.98. The smallest absolute Gasteiger partial charge is 0.303 e. The van der Waals surface area contributed by atoms with E-state index in [0.29, 0.717) is 18.7 Å². The Morgan fingerprint density at radius 2 is 1.89 bits per heavy atom. The summed E-state index contributed by atoms with van der Waals surface area (Å²) in [6.45, 7) is 2.52. The van der Waals surface area contributed by atoms with Gasteiger partial charge in [-0.1, -0.05) is 23.5 Å². The molecule has 0 saturated carbocycles. The molecule has 0 saturated heterocycles. The Bertz CT molecular complexity index is 1030. The first kappa shape index (κ1) is 18.8. The fraction of sp³-hybridized carbons (Fsp3) is 0.250. The number of hydrogen-bond donors (Lipinski definition) is 1. The Hall–Kier alpha value is -2.93. The molecule has 1 aromatic heterocycles. The summed E-state index contributed by atoms with van der Waals surface area (Å²) in [6, 6.07) is 15.5. The van der Waals surface area contributed by atoms with Crippen LogP contribution >= 0.6 is 11.3 Å². The topological polar surface area (TPSA) is 76.2 Å². The van der Waals surface area contributed by atoms with Gasteiger partial charge in [-0.3, -0.25) is 4.79 Å². The van der Waals surface area contributed by atoms with Crippen molar-refractivity contribution in [3.8, 4) is 5.75 Å². The standard InChI is InChI=1S/C20H21N3O3S/c1-3-26-15-10-8-14(9-11-15)16(12-13-19(24)25)21-22-20-23(2)17-6-4-5-7-18(17)27-20/h4-11H,3,12-13H2,1-2H3,(H,24,25). The highest BCUT2D eigenvalue weighted by Gasteiger charge is 2.08. The molecule has 140 valence electrons. The number of benzene rings is 2. The molecule has 0 radical (unpaired) electrons. The van der Waals surface area contributed by atoms with Crippen LogP contribution in [0.3, 0.4) is 0 Å². The lowest BCUT2D eigenvalue weighted by Gasteiger charge is -2.06. The molecule has 0 aliphatic rings. The third kappa shape index (κ3) is 4.62. The van der Waals surface area contributed by atoms with Gasteiger partial charge in [-0.25, -0.2) is 0 Å². The molecule has 0 amide bonds. The molecular formula is C20H21N3O3S. The van der Waals surface area contributed by atoms with E-state index in [0.717, 1.165) is 26.3 Å². The Morgan fingerprint density at radius 1 is 1.15 bits per heavy atom. The molecule has 7 heteroatoms. The minimum absolute atomic E-state index is 0.000105. The fourth-order valence-corrected chi connectivity index (χ4v) is 3.64. The fourth-order valence-electron chi connectivity index (χ4n) is 2.67. The molecular weight excluding hydrogens is 362 g/mol. The number of aromatic nitrogens is 1. The summed E-state index contributed by atoms with van der Waals surface area (Å²) >= 11 is 1.55. The minimum Gasteiger partial charge on any atom is -0.494 e. The number of aliphatic carboxylic acids is 1. The van der Waals surface area contributed by atoms with E-state index in [-0.39, 0.29) is 6.42 Å². The summed E-state index contributed by atoms with van der Waals surface area (Å²) in [5.74, 6) is -0.0901. The van der Waals surface area contributed by atoms with Crippen LogP contribution in [0.1, 0.15) is 25.3 Å². The molecule has 1 N–H and O–H groups in total. The maximum absolute atomic E-state index is 11.0. The molecule has 1 heterocycles. The van der Waals surface area contributed by atoms with Gasteiger partial charge in [-0.15, -0.1) is 5.10 Å². The van der Waals surface area contributed by atoms with Crippen LogP contribution in [-0.2, 0) is 11.8 Å². The molecule has 3 rings (SSSR count). The highest BCUT2D eigenvalue weighted by atomic mass is 32.1. The largest absolute Gasteiger partial charge is 0.494 e. The number of carboxylic acids is 1. The number of thiazole rings is 1. The van der Waals surface area contributed by atoms with Gasteiger partial charge in [0.1, 0.15) is 5.75 Å². The summed E-state index contributed by atoms with van der Waals surface area (Å²) in [4.78, 5) is 11.8. The third-order valence-corrected chi connectivity index (χ3v) is 5.15. The number of hydrogen-bond acceptors (Lipinski definition) is 5. The van der Waals surface area contributed by atoms with Gasteiger partial charge >= 0.3 is 5.97 Å². The lowest BCUT2D eigenvalue weighted by molar-refractivity contribution is -0.136. The minimum atomic E-state index is -0.860. The molecule has 0 aliphatic heterocycles. The molecule has 27 heavy (non-hydrogen) atoms. The second-order valence-electron chi connectivity index (χ2n) is 5.91. The van der Waals surface area contributed by atoms with E-state index in [2.05, 4.69) is 10.2 Å². The first-order valence-corrected chi connectivity index (χ1v) is 9.50. The number of carboxylic acid groups (broad SMARTS) is 1. The van der Waals surface area contributed by atoms with E-state index in [1.807, 2.05) is 67.1 Å². The lowest BCUT2D eigenvalue weighted by Crippen LogP contribution is -2.10. The van der Waals surface area contributed by atoms with E-state index in [1.54, 1.807) is 11.3 Å². The third-order valence-electron chi connectivity index (χ3n) is 4.05. The van der Waals surface area contributed by atoms with Gasteiger partial charge in [0.25, 0.3) is 0 Å². The lowest BCUT2D eigenvalue weighted by atomic mass is 10.1. The summed E-state index contributed by atoms with van der Waals surface area (Å²) in [7, 11) is 1.95. The molecule has 3 aromatic rings. The predicted molar refractivity (Wildman–Crippen MR) is 107 cm³/mol. The Labute approximate surface area is 161 Å².